The van der Waals surface area contributed by atoms with E-state index >= 15 is 0 Å². The zero-order chi connectivity index (χ0) is 15.9. The van der Waals surface area contributed by atoms with Gasteiger partial charge in [0.2, 0.25) is 5.91 Å². The Morgan fingerprint density at radius 2 is 1.73 bits per heavy atom. The molecule has 0 aliphatic heterocycles. The molecule has 0 aromatic heterocycles. The predicted molar refractivity (Wildman–Crippen MR) is 88.9 cm³/mol. The smallest absolute Gasteiger partial charge is 0.254 e. The van der Waals surface area contributed by atoms with Gasteiger partial charge in [-0.15, -0.1) is 0 Å². The van der Waals surface area contributed by atoms with Crippen molar-refractivity contribution in [1.29, 1.82) is 0 Å². The maximum absolute atomic E-state index is 12.7. The SMILES string of the molecule is CCC(=O)Nc1ccc(C(=O)N(CC)C2CCCCC2)cc1. The normalized spacial score (nSPS) is 15.4. The Balaban J connectivity index is 2.05. The Morgan fingerprint density at radius 3 is 2.27 bits per heavy atom. The van der Waals surface area contributed by atoms with E-state index in [0.29, 0.717) is 18.0 Å². The number of carbonyl (C=O) groups excluding carboxylic acids is 2. The van der Waals surface area contributed by atoms with Gasteiger partial charge < -0.3 is 10.2 Å². The van der Waals surface area contributed by atoms with Gasteiger partial charge in [-0.25, -0.2) is 0 Å². The second-order valence-electron chi connectivity index (χ2n) is 5.86. The molecule has 1 N–H and O–H groups in total. The molecule has 0 unspecified atom stereocenters. The average molecular weight is 302 g/mol. The number of hydrogen-bond acceptors (Lipinski definition) is 2. The lowest BCUT2D eigenvalue weighted by atomic mass is 9.93. The summed E-state index contributed by atoms with van der Waals surface area (Å²) < 4.78 is 0. The van der Waals surface area contributed by atoms with Crippen LogP contribution in [-0.4, -0.2) is 29.3 Å². The Hall–Kier alpha value is -1.84. The van der Waals surface area contributed by atoms with Gasteiger partial charge in [0.15, 0.2) is 0 Å². The van der Waals surface area contributed by atoms with Crippen LogP contribution in [0.1, 0.15) is 62.7 Å². The molecule has 0 bridgehead atoms. The minimum Gasteiger partial charge on any atom is -0.336 e. The van der Waals surface area contributed by atoms with Gasteiger partial charge in [0.05, 0.1) is 0 Å². The van der Waals surface area contributed by atoms with Crippen molar-refractivity contribution in [3.8, 4) is 0 Å². The molecule has 4 heteroatoms. The minimum atomic E-state index is -0.0172. The third kappa shape index (κ3) is 4.09. The molecule has 0 heterocycles. The zero-order valence-corrected chi connectivity index (χ0v) is 13.6. The molecule has 2 rings (SSSR count). The molecule has 1 aromatic carbocycles. The first-order valence-corrected chi connectivity index (χ1v) is 8.36. The third-order valence-electron chi connectivity index (χ3n) is 4.35. The van der Waals surface area contributed by atoms with Crippen molar-refractivity contribution >= 4 is 17.5 Å². The van der Waals surface area contributed by atoms with E-state index in [4.69, 9.17) is 0 Å². The predicted octanol–water partition coefficient (Wildman–Crippen LogP) is 3.83. The van der Waals surface area contributed by atoms with Crippen LogP contribution in [-0.2, 0) is 4.79 Å². The molecule has 1 aliphatic rings. The van der Waals surface area contributed by atoms with E-state index in [1.54, 1.807) is 24.3 Å². The van der Waals surface area contributed by atoms with E-state index < -0.39 is 0 Å². The second-order valence-corrected chi connectivity index (χ2v) is 5.86. The molecule has 0 saturated heterocycles. The quantitative estimate of drug-likeness (QED) is 0.898. The topological polar surface area (TPSA) is 49.4 Å². The summed E-state index contributed by atoms with van der Waals surface area (Å²) in [5.41, 5.74) is 1.44. The second kappa shape index (κ2) is 7.97. The van der Waals surface area contributed by atoms with Crippen molar-refractivity contribution in [2.24, 2.45) is 0 Å². The molecular weight excluding hydrogens is 276 g/mol. The Morgan fingerprint density at radius 1 is 1.09 bits per heavy atom. The van der Waals surface area contributed by atoms with Gasteiger partial charge >= 0.3 is 0 Å². The van der Waals surface area contributed by atoms with E-state index in [2.05, 4.69) is 5.32 Å². The Bertz CT molecular complexity index is 504. The molecular formula is C18H26N2O2. The summed E-state index contributed by atoms with van der Waals surface area (Å²) in [6.45, 7) is 4.61. The molecule has 120 valence electrons. The fraction of sp³-hybridized carbons (Fsp3) is 0.556. The number of rotatable bonds is 5. The van der Waals surface area contributed by atoms with Gasteiger partial charge in [-0.2, -0.15) is 0 Å². The maximum Gasteiger partial charge on any atom is 0.254 e. The van der Waals surface area contributed by atoms with Crippen molar-refractivity contribution in [1.82, 2.24) is 4.90 Å². The highest BCUT2D eigenvalue weighted by Gasteiger charge is 2.24. The van der Waals surface area contributed by atoms with Crippen LogP contribution < -0.4 is 5.32 Å². The summed E-state index contributed by atoms with van der Waals surface area (Å²) in [6.07, 6.45) is 6.40. The lowest BCUT2D eigenvalue weighted by Gasteiger charge is -2.33. The van der Waals surface area contributed by atoms with Gasteiger partial charge in [0, 0.05) is 30.3 Å². The average Bonchev–Trinajstić information content (AvgIpc) is 2.57. The zero-order valence-electron chi connectivity index (χ0n) is 13.6. The van der Waals surface area contributed by atoms with Crippen LogP contribution in [0.25, 0.3) is 0 Å². The summed E-state index contributed by atoms with van der Waals surface area (Å²) in [7, 11) is 0. The van der Waals surface area contributed by atoms with Crippen molar-refractivity contribution in [3.05, 3.63) is 29.8 Å². The van der Waals surface area contributed by atoms with E-state index in [-0.39, 0.29) is 11.8 Å². The summed E-state index contributed by atoms with van der Waals surface area (Å²) in [5, 5.41) is 2.80. The van der Waals surface area contributed by atoms with Gasteiger partial charge in [-0.05, 0) is 44.0 Å². The van der Waals surface area contributed by atoms with E-state index in [9.17, 15) is 9.59 Å². The molecule has 0 radical (unpaired) electrons. The molecule has 2 amide bonds. The van der Waals surface area contributed by atoms with Crippen LogP contribution in [0.4, 0.5) is 5.69 Å². The van der Waals surface area contributed by atoms with Crippen LogP contribution in [0, 0.1) is 0 Å². The fourth-order valence-electron chi connectivity index (χ4n) is 3.07. The largest absolute Gasteiger partial charge is 0.336 e. The first-order valence-electron chi connectivity index (χ1n) is 8.36. The number of nitrogens with zero attached hydrogens (tertiary/aromatic N) is 1. The van der Waals surface area contributed by atoms with Crippen LogP contribution in [0.5, 0.6) is 0 Å². The molecule has 1 fully saturated rings. The van der Waals surface area contributed by atoms with Crippen molar-refractivity contribution in [2.75, 3.05) is 11.9 Å². The van der Waals surface area contributed by atoms with Crippen LogP contribution >= 0.6 is 0 Å². The van der Waals surface area contributed by atoms with Gasteiger partial charge in [-0.1, -0.05) is 26.2 Å². The van der Waals surface area contributed by atoms with Gasteiger partial charge in [-0.3, -0.25) is 9.59 Å². The third-order valence-corrected chi connectivity index (χ3v) is 4.35. The van der Waals surface area contributed by atoms with Crippen LogP contribution in [0.2, 0.25) is 0 Å². The summed E-state index contributed by atoms with van der Waals surface area (Å²) in [4.78, 5) is 26.1. The number of benzene rings is 1. The highest BCUT2D eigenvalue weighted by atomic mass is 16.2. The molecule has 1 aliphatic carbocycles. The standard InChI is InChI=1S/C18H26N2O2/c1-3-17(21)19-15-12-10-14(11-13-15)18(22)20(4-2)16-8-6-5-7-9-16/h10-13,16H,3-9H2,1-2H3,(H,19,21). The highest BCUT2D eigenvalue weighted by Crippen LogP contribution is 2.24. The van der Waals surface area contributed by atoms with Crippen LogP contribution in [0.3, 0.4) is 0 Å². The molecule has 1 aromatic rings. The lowest BCUT2D eigenvalue weighted by Crippen LogP contribution is -2.41. The van der Waals surface area contributed by atoms with Crippen molar-refractivity contribution in [2.45, 2.75) is 58.4 Å². The number of amides is 2. The maximum atomic E-state index is 12.7. The molecule has 0 atom stereocenters. The van der Waals surface area contributed by atoms with Gasteiger partial charge in [0.25, 0.3) is 5.91 Å². The monoisotopic (exact) mass is 302 g/mol. The Kier molecular flexibility index (Phi) is 5.99. The molecule has 1 saturated carbocycles. The van der Waals surface area contributed by atoms with Crippen LogP contribution in [0.15, 0.2) is 24.3 Å². The minimum absolute atomic E-state index is 0.0172. The first-order chi connectivity index (χ1) is 10.7. The lowest BCUT2D eigenvalue weighted by molar-refractivity contribution is -0.115. The van der Waals surface area contributed by atoms with Crippen molar-refractivity contribution < 1.29 is 9.59 Å². The number of anilines is 1. The number of carbonyl (C=O) groups is 2. The number of nitrogens with one attached hydrogen (secondary N) is 1. The molecule has 22 heavy (non-hydrogen) atoms. The summed E-state index contributed by atoms with van der Waals surface area (Å²) in [5.74, 6) is 0.0826. The Labute approximate surface area is 132 Å². The summed E-state index contributed by atoms with van der Waals surface area (Å²) >= 11 is 0. The number of hydrogen-bond donors (Lipinski definition) is 1. The summed E-state index contributed by atoms with van der Waals surface area (Å²) in [6, 6.07) is 7.59. The van der Waals surface area contributed by atoms with E-state index in [1.807, 2.05) is 18.7 Å². The first kappa shape index (κ1) is 16.5. The van der Waals surface area contributed by atoms with E-state index in [0.717, 1.165) is 25.1 Å². The van der Waals surface area contributed by atoms with Crippen molar-refractivity contribution in [3.63, 3.8) is 0 Å². The fourth-order valence-corrected chi connectivity index (χ4v) is 3.07. The van der Waals surface area contributed by atoms with E-state index in [1.165, 1.54) is 19.3 Å². The molecule has 0 spiro atoms. The van der Waals surface area contributed by atoms with Gasteiger partial charge in [0.1, 0.15) is 0 Å². The molecule has 4 nitrogen and oxygen atoms in total. The highest BCUT2D eigenvalue weighted by molar-refractivity contribution is 5.96.